The first-order chi connectivity index (χ1) is 1.91. The first-order valence-corrected chi connectivity index (χ1v) is 0.813. The summed E-state index contributed by atoms with van der Waals surface area (Å²) in [5, 5.41) is 1.75. The number of carbonyl (C=O) groups excluding carboxylic acids is 1. The second-order valence-corrected chi connectivity index (χ2v) is 0.285. The molecule has 0 aliphatic rings. The molecule has 0 aliphatic heterocycles. The Labute approximate surface area is 25.6 Å². The van der Waals surface area contributed by atoms with Crippen LogP contribution in [-0.4, -0.2) is 14.4 Å². The average molecular weight is 54.8 g/mol. The van der Waals surface area contributed by atoms with Crippen LogP contribution in [0.25, 0.3) is 0 Å². The summed E-state index contributed by atoms with van der Waals surface area (Å²) in [6, 6.07) is 0. The van der Waals surface area contributed by atoms with Crippen LogP contribution < -0.4 is 5.23 Å². The highest BCUT2D eigenvalue weighted by molar-refractivity contribution is 6.10. The monoisotopic (exact) mass is 55.0 g/mol. The van der Waals surface area contributed by atoms with Crippen molar-refractivity contribution in [3.8, 4) is 0 Å². The van der Waals surface area contributed by atoms with Crippen molar-refractivity contribution in [3.05, 3.63) is 0 Å². The fraction of sp³-hybridized carbons (Fsp3) is 0. The fourth-order valence-electron chi connectivity index (χ4n) is 0. The lowest BCUT2D eigenvalue weighted by Gasteiger charge is -1.63. The highest BCUT2D eigenvalue weighted by atomic mass is 16.1. The van der Waals surface area contributed by atoms with E-state index in [1.165, 1.54) is 0 Å². The van der Waals surface area contributed by atoms with E-state index in [2.05, 4.69) is 7.98 Å². The minimum atomic E-state index is 0.403. The van der Waals surface area contributed by atoms with E-state index in [-0.39, 0.29) is 0 Å². The van der Waals surface area contributed by atoms with Gasteiger partial charge in [-0.1, -0.05) is 0 Å². The molecule has 0 heterocycles. The number of nitrogens with one attached hydrogen (secondary N) is 1. The Bertz CT molecular complexity index is 22.0. The summed E-state index contributed by atoms with van der Waals surface area (Å²) in [5.74, 6) is 0. The number of amides is 1. The summed E-state index contributed by atoms with van der Waals surface area (Å²) in [6.07, 6.45) is 0.403. The van der Waals surface area contributed by atoms with Crippen LogP contribution in [0.1, 0.15) is 0 Å². The Morgan fingerprint density at radius 2 is 2.25 bits per heavy atom. The molecule has 2 nitrogen and oxygen atoms in total. The van der Waals surface area contributed by atoms with Gasteiger partial charge in [-0.25, -0.2) is 0 Å². The van der Waals surface area contributed by atoms with Crippen LogP contribution in [0.5, 0.6) is 0 Å². The maximum atomic E-state index is 8.94. The summed E-state index contributed by atoms with van der Waals surface area (Å²) in [6.45, 7) is 0. The molecule has 0 unspecified atom stereocenters. The van der Waals surface area contributed by atoms with Crippen molar-refractivity contribution in [2.45, 2.75) is 0 Å². The highest BCUT2D eigenvalue weighted by Crippen LogP contribution is 1.06. The van der Waals surface area contributed by atoms with E-state index < -0.39 is 0 Å². The zero-order chi connectivity index (χ0) is 3.41. The maximum Gasteiger partial charge on any atom is 0.226 e. The van der Waals surface area contributed by atoms with Gasteiger partial charge in [0.2, 0.25) is 7.98 Å². The molecule has 0 spiro atoms. The van der Waals surface area contributed by atoms with E-state index in [0.29, 0.717) is 6.41 Å². The quantitative estimate of drug-likeness (QED) is 0.296. The third-order valence-corrected chi connectivity index (χ3v) is 0.0680. The predicted octanol–water partition coefficient (Wildman–Crippen LogP) is -1.18. The molecule has 4 heavy (non-hydrogen) atoms. The van der Waals surface area contributed by atoms with E-state index in [9.17, 15) is 0 Å². The molecule has 0 aromatic heterocycles. The summed E-state index contributed by atoms with van der Waals surface area (Å²) in [5.41, 5.74) is 0. The van der Waals surface area contributed by atoms with Gasteiger partial charge in [-0.15, -0.1) is 0 Å². The minimum absolute atomic E-state index is 0.403. The van der Waals surface area contributed by atoms with Gasteiger partial charge in [0.25, 0.3) is 0 Å². The minimum Gasteiger partial charge on any atom is -0.412 e. The van der Waals surface area contributed by atoms with Gasteiger partial charge in [0.05, 0.1) is 0 Å². The zero-order valence-corrected chi connectivity index (χ0v) is 2.06. The second kappa shape index (κ2) is 2.53. The average Bonchev–Trinajstić information content (AvgIpc) is 1.37. The number of hydrogen-bond acceptors (Lipinski definition) is 1. The van der Waals surface area contributed by atoms with Gasteiger partial charge in [-0.3, -0.25) is 4.79 Å². The molecule has 3 heteroatoms. The van der Waals surface area contributed by atoms with Crippen LogP contribution in [-0.2, 0) is 4.79 Å². The van der Waals surface area contributed by atoms with E-state index >= 15 is 0 Å². The smallest absolute Gasteiger partial charge is 0.226 e. The topological polar surface area (TPSA) is 29.1 Å². The largest absolute Gasteiger partial charge is 0.412 e. The molecule has 0 bridgehead atoms. The van der Waals surface area contributed by atoms with Crippen molar-refractivity contribution < 1.29 is 4.79 Å². The molecular formula is CH2BNO. The maximum absolute atomic E-state index is 8.94. The fourth-order valence-corrected chi connectivity index (χ4v) is 0. The summed E-state index contributed by atoms with van der Waals surface area (Å²) < 4.78 is 0. The van der Waals surface area contributed by atoms with Gasteiger partial charge >= 0.3 is 0 Å². The van der Waals surface area contributed by atoms with Crippen LogP contribution >= 0.6 is 0 Å². The summed E-state index contributed by atoms with van der Waals surface area (Å²) in [4.78, 5) is 8.94. The van der Waals surface area contributed by atoms with Crippen molar-refractivity contribution in [2.24, 2.45) is 0 Å². The van der Waals surface area contributed by atoms with Crippen LogP contribution in [0.4, 0.5) is 0 Å². The van der Waals surface area contributed by atoms with Crippen molar-refractivity contribution in [2.75, 3.05) is 0 Å². The number of carbonyl (C=O) groups is 1. The summed E-state index contributed by atoms with van der Waals surface area (Å²) >= 11 is 0. The molecule has 0 aromatic carbocycles. The molecule has 2 radical (unpaired) electrons. The van der Waals surface area contributed by atoms with E-state index in [4.69, 9.17) is 4.79 Å². The molecule has 0 rings (SSSR count). The second-order valence-electron chi connectivity index (χ2n) is 0.285. The molecule has 0 fully saturated rings. The van der Waals surface area contributed by atoms with E-state index in [0.717, 1.165) is 0 Å². The Hall–Kier alpha value is -0.465. The standard InChI is InChI=1S/CH2BNO/c2-3-1-4/h1H,(H,3,4). The summed E-state index contributed by atoms with van der Waals surface area (Å²) in [7, 11) is 4.41. The van der Waals surface area contributed by atoms with Gasteiger partial charge in [0.15, 0.2) is 6.41 Å². The Kier molecular flexibility index (Phi) is 2.24. The van der Waals surface area contributed by atoms with Crippen molar-refractivity contribution >= 4 is 14.4 Å². The molecule has 0 saturated carbocycles. The molecule has 0 atom stereocenters. The van der Waals surface area contributed by atoms with E-state index in [1.807, 2.05) is 0 Å². The van der Waals surface area contributed by atoms with E-state index in [1.54, 1.807) is 5.23 Å². The van der Waals surface area contributed by atoms with Gasteiger partial charge < -0.3 is 5.23 Å². The number of rotatable bonds is 1. The highest BCUT2D eigenvalue weighted by Gasteiger charge is 1.45. The first-order valence-electron chi connectivity index (χ1n) is 0.813. The van der Waals surface area contributed by atoms with Gasteiger partial charge in [-0.2, -0.15) is 0 Å². The van der Waals surface area contributed by atoms with Crippen LogP contribution in [0, 0.1) is 0 Å². The van der Waals surface area contributed by atoms with Gasteiger partial charge in [-0.05, 0) is 0 Å². The SMILES string of the molecule is [B]NC=O. The lowest BCUT2D eigenvalue weighted by atomic mass is 10.5. The molecule has 0 aromatic rings. The predicted molar refractivity (Wildman–Crippen MR) is 15.0 cm³/mol. The molecule has 1 N–H and O–H groups in total. The van der Waals surface area contributed by atoms with Gasteiger partial charge in [0.1, 0.15) is 0 Å². The lowest BCUT2D eigenvalue weighted by molar-refractivity contribution is -0.108. The Balaban J connectivity index is 2.30. The third-order valence-electron chi connectivity index (χ3n) is 0.0680. The zero-order valence-electron chi connectivity index (χ0n) is 2.06. The van der Waals surface area contributed by atoms with Gasteiger partial charge in [0, 0.05) is 0 Å². The molecule has 1 amide bonds. The molecular weight excluding hydrogens is 52.8 g/mol. The molecule has 20 valence electrons. The van der Waals surface area contributed by atoms with Crippen molar-refractivity contribution in [1.82, 2.24) is 5.23 Å². The lowest BCUT2D eigenvalue weighted by Crippen LogP contribution is -2.01. The molecule has 0 saturated heterocycles. The van der Waals surface area contributed by atoms with Crippen molar-refractivity contribution in [1.29, 1.82) is 0 Å². The van der Waals surface area contributed by atoms with Crippen LogP contribution in [0.15, 0.2) is 0 Å². The van der Waals surface area contributed by atoms with Crippen LogP contribution in [0.3, 0.4) is 0 Å². The number of hydrogen-bond donors (Lipinski definition) is 1. The van der Waals surface area contributed by atoms with Crippen molar-refractivity contribution in [3.63, 3.8) is 0 Å². The molecule has 0 aliphatic carbocycles. The normalized spacial score (nSPS) is 5.00. The third kappa shape index (κ3) is 1.53. The Morgan fingerprint density at radius 3 is 2.25 bits per heavy atom. The van der Waals surface area contributed by atoms with Crippen LogP contribution in [0.2, 0.25) is 0 Å². The first kappa shape index (κ1) is 3.53. The Morgan fingerprint density at radius 1 is 2.00 bits per heavy atom.